The summed E-state index contributed by atoms with van der Waals surface area (Å²) in [6.45, 7) is 2.01. The normalized spacial score (nSPS) is 19.9. The molecule has 0 unspecified atom stereocenters. The molecule has 1 fully saturated rings. The molecule has 2 N–H and O–H groups in total. The molecule has 1 amide bonds. The molecule has 4 nitrogen and oxygen atoms in total. The van der Waals surface area contributed by atoms with Gasteiger partial charge in [0.2, 0.25) is 5.91 Å². The lowest BCUT2D eigenvalue weighted by molar-refractivity contribution is -0.122. The number of carbonyl (C=O) groups is 1. The summed E-state index contributed by atoms with van der Waals surface area (Å²) in [5.74, 6) is 0.0270. The van der Waals surface area contributed by atoms with Crippen LogP contribution in [0.4, 0.5) is 0 Å². The van der Waals surface area contributed by atoms with Crippen LogP contribution in [0, 0.1) is 0 Å². The number of hydrogen-bond acceptors (Lipinski definition) is 3. The molecule has 98 valence electrons. The average Bonchev–Trinajstić information content (AvgIpc) is 2.85. The van der Waals surface area contributed by atoms with Gasteiger partial charge in [-0.15, -0.1) is 0 Å². The van der Waals surface area contributed by atoms with E-state index in [1.165, 1.54) is 0 Å². The van der Waals surface area contributed by atoms with Gasteiger partial charge < -0.3 is 10.4 Å². The second-order valence-corrected chi connectivity index (χ2v) is 4.71. The predicted octanol–water partition coefficient (Wildman–Crippen LogP) is 0.760. The molecule has 0 spiro atoms. The van der Waals surface area contributed by atoms with Crippen molar-refractivity contribution in [1.29, 1.82) is 0 Å². The van der Waals surface area contributed by atoms with Gasteiger partial charge in [0.05, 0.1) is 13.2 Å². The van der Waals surface area contributed by atoms with Gasteiger partial charge in [-0.25, -0.2) is 0 Å². The average molecular weight is 248 g/mol. The molecule has 0 aliphatic carbocycles. The van der Waals surface area contributed by atoms with Crippen LogP contribution in [-0.2, 0) is 11.3 Å². The van der Waals surface area contributed by atoms with E-state index in [-0.39, 0.29) is 18.6 Å². The number of nitrogens with one attached hydrogen (secondary N) is 1. The number of carbonyl (C=O) groups excluding carboxylic acids is 1. The minimum absolute atomic E-state index is 0.0270. The Labute approximate surface area is 108 Å². The summed E-state index contributed by atoms with van der Waals surface area (Å²) in [6, 6.07) is 10.0. The van der Waals surface area contributed by atoms with E-state index in [0.29, 0.717) is 13.1 Å². The van der Waals surface area contributed by atoms with Crippen molar-refractivity contribution >= 4 is 5.91 Å². The molecule has 1 saturated heterocycles. The predicted molar refractivity (Wildman–Crippen MR) is 70.0 cm³/mol. The molecule has 18 heavy (non-hydrogen) atoms. The van der Waals surface area contributed by atoms with Crippen molar-refractivity contribution < 1.29 is 9.90 Å². The highest BCUT2D eigenvalue weighted by Gasteiger charge is 2.25. The molecule has 1 aromatic carbocycles. The fraction of sp³-hybridized carbons (Fsp3) is 0.500. The molecule has 1 aliphatic heterocycles. The largest absolute Gasteiger partial charge is 0.395 e. The second kappa shape index (κ2) is 6.52. The summed E-state index contributed by atoms with van der Waals surface area (Å²) in [6.07, 6.45) is 2.06. The number of benzene rings is 1. The van der Waals surface area contributed by atoms with Crippen LogP contribution in [0.1, 0.15) is 18.4 Å². The Balaban J connectivity index is 1.75. The maximum absolute atomic E-state index is 11.8. The second-order valence-electron chi connectivity index (χ2n) is 4.71. The van der Waals surface area contributed by atoms with Crippen LogP contribution in [0.2, 0.25) is 0 Å². The Kier molecular flexibility index (Phi) is 4.73. The molecular weight excluding hydrogens is 228 g/mol. The van der Waals surface area contributed by atoms with Gasteiger partial charge in [-0.05, 0) is 24.9 Å². The van der Waals surface area contributed by atoms with Gasteiger partial charge in [0.15, 0.2) is 0 Å². The Hall–Kier alpha value is -1.39. The van der Waals surface area contributed by atoms with E-state index >= 15 is 0 Å². The quantitative estimate of drug-likeness (QED) is 0.809. The van der Waals surface area contributed by atoms with Crippen LogP contribution in [0.25, 0.3) is 0 Å². The van der Waals surface area contributed by atoms with Crippen molar-refractivity contribution in [2.45, 2.75) is 25.4 Å². The van der Waals surface area contributed by atoms with Gasteiger partial charge in [0.25, 0.3) is 0 Å². The summed E-state index contributed by atoms with van der Waals surface area (Å²) >= 11 is 0. The van der Waals surface area contributed by atoms with E-state index in [4.69, 9.17) is 0 Å². The van der Waals surface area contributed by atoms with Crippen LogP contribution < -0.4 is 5.32 Å². The molecule has 2 rings (SSSR count). The summed E-state index contributed by atoms with van der Waals surface area (Å²) in [5, 5.41) is 12.1. The maximum Gasteiger partial charge on any atom is 0.234 e. The minimum Gasteiger partial charge on any atom is -0.395 e. The van der Waals surface area contributed by atoms with Gasteiger partial charge >= 0.3 is 0 Å². The lowest BCUT2D eigenvalue weighted by atomic mass is 10.2. The van der Waals surface area contributed by atoms with E-state index in [9.17, 15) is 9.90 Å². The third-order valence-electron chi connectivity index (χ3n) is 3.39. The SMILES string of the molecule is O=C(CN1CCC[C@H]1CO)NCc1ccccc1. The summed E-state index contributed by atoms with van der Waals surface area (Å²) in [7, 11) is 0. The Bertz CT molecular complexity index is 381. The van der Waals surface area contributed by atoms with Gasteiger partial charge in [-0.1, -0.05) is 30.3 Å². The van der Waals surface area contributed by atoms with Crippen molar-refractivity contribution in [2.75, 3.05) is 19.7 Å². The molecule has 0 saturated carbocycles. The molecule has 4 heteroatoms. The zero-order chi connectivity index (χ0) is 12.8. The maximum atomic E-state index is 11.8. The fourth-order valence-electron chi connectivity index (χ4n) is 2.35. The van der Waals surface area contributed by atoms with Crippen molar-refractivity contribution in [3.63, 3.8) is 0 Å². The first-order chi connectivity index (χ1) is 8.79. The minimum atomic E-state index is 0.0270. The zero-order valence-corrected chi connectivity index (χ0v) is 10.5. The van der Waals surface area contributed by atoms with Gasteiger partial charge in [-0.2, -0.15) is 0 Å². The topological polar surface area (TPSA) is 52.6 Å². The van der Waals surface area contributed by atoms with E-state index < -0.39 is 0 Å². The molecule has 1 heterocycles. The van der Waals surface area contributed by atoms with Crippen LogP contribution >= 0.6 is 0 Å². The van der Waals surface area contributed by atoms with E-state index in [0.717, 1.165) is 24.9 Å². The molecule has 0 aromatic heterocycles. The summed E-state index contributed by atoms with van der Waals surface area (Å²) in [4.78, 5) is 13.9. The highest BCUT2D eigenvalue weighted by molar-refractivity contribution is 5.78. The first-order valence-electron chi connectivity index (χ1n) is 6.45. The van der Waals surface area contributed by atoms with Crippen molar-refractivity contribution in [3.8, 4) is 0 Å². The number of nitrogens with zero attached hydrogens (tertiary/aromatic N) is 1. The number of amides is 1. The molecular formula is C14H20N2O2. The molecule has 0 radical (unpaired) electrons. The standard InChI is InChI=1S/C14H20N2O2/c17-11-13-7-4-8-16(13)10-14(18)15-9-12-5-2-1-3-6-12/h1-3,5-6,13,17H,4,7-11H2,(H,15,18)/t13-/m0/s1. The number of likely N-dealkylation sites (tertiary alicyclic amines) is 1. The third kappa shape index (κ3) is 3.55. The molecule has 1 atom stereocenters. The van der Waals surface area contributed by atoms with Crippen molar-refractivity contribution in [3.05, 3.63) is 35.9 Å². The van der Waals surface area contributed by atoms with E-state index in [2.05, 4.69) is 10.2 Å². The number of aliphatic hydroxyl groups excluding tert-OH is 1. The third-order valence-corrected chi connectivity index (χ3v) is 3.39. The lowest BCUT2D eigenvalue weighted by Crippen LogP contribution is -2.40. The molecule has 1 aromatic rings. The highest BCUT2D eigenvalue weighted by Crippen LogP contribution is 2.15. The van der Waals surface area contributed by atoms with E-state index in [1.807, 2.05) is 30.3 Å². The van der Waals surface area contributed by atoms with Crippen molar-refractivity contribution in [2.24, 2.45) is 0 Å². The first-order valence-corrected chi connectivity index (χ1v) is 6.45. The summed E-state index contributed by atoms with van der Waals surface area (Å²) < 4.78 is 0. The monoisotopic (exact) mass is 248 g/mol. The van der Waals surface area contributed by atoms with Crippen molar-refractivity contribution in [1.82, 2.24) is 10.2 Å². The van der Waals surface area contributed by atoms with E-state index in [1.54, 1.807) is 0 Å². The van der Waals surface area contributed by atoms with Gasteiger partial charge in [-0.3, -0.25) is 9.69 Å². The Morgan fingerprint density at radius 1 is 1.39 bits per heavy atom. The number of aliphatic hydroxyl groups is 1. The first kappa shape index (κ1) is 13.1. The fourth-order valence-corrected chi connectivity index (χ4v) is 2.35. The molecule has 1 aliphatic rings. The smallest absolute Gasteiger partial charge is 0.234 e. The Morgan fingerprint density at radius 3 is 2.89 bits per heavy atom. The van der Waals surface area contributed by atoms with Gasteiger partial charge in [0, 0.05) is 12.6 Å². The van der Waals surface area contributed by atoms with Crippen LogP contribution in [0.5, 0.6) is 0 Å². The van der Waals surface area contributed by atoms with Crippen LogP contribution in [-0.4, -0.2) is 41.7 Å². The highest BCUT2D eigenvalue weighted by atomic mass is 16.3. The van der Waals surface area contributed by atoms with Crippen LogP contribution in [0.3, 0.4) is 0 Å². The number of rotatable bonds is 5. The molecule has 0 bridgehead atoms. The zero-order valence-electron chi connectivity index (χ0n) is 10.5. The number of hydrogen-bond donors (Lipinski definition) is 2. The van der Waals surface area contributed by atoms with Gasteiger partial charge in [0.1, 0.15) is 0 Å². The summed E-state index contributed by atoms with van der Waals surface area (Å²) in [5.41, 5.74) is 1.10. The van der Waals surface area contributed by atoms with Crippen LogP contribution in [0.15, 0.2) is 30.3 Å². The Morgan fingerprint density at radius 2 is 2.17 bits per heavy atom. The lowest BCUT2D eigenvalue weighted by Gasteiger charge is -2.21.